The highest BCUT2D eigenvalue weighted by molar-refractivity contribution is 6.42. The minimum Gasteiger partial charge on any atom is -0.387 e. The van der Waals surface area contributed by atoms with Crippen molar-refractivity contribution in [3.8, 4) is 0 Å². The molecule has 0 atom stereocenters. The van der Waals surface area contributed by atoms with Crippen LogP contribution in [0.3, 0.4) is 0 Å². The van der Waals surface area contributed by atoms with E-state index in [1.54, 1.807) is 18.3 Å². The summed E-state index contributed by atoms with van der Waals surface area (Å²) in [5.41, 5.74) is 6.69. The predicted octanol–water partition coefficient (Wildman–Crippen LogP) is 4.37. The standard InChI is InChI=1S/C13H16Cl2N2/c1-9(2)7-13(16)17-6-5-10-3-4-11(14)12(15)8-10/h3-6,8-9H,7H2,1-2H3,(H2,16,17). The Morgan fingerprint density at radius 2 is 2.06 bits per heavy atom. The number of halogens is 2. The number of rotatable bonds is 4. The Hall–Kier alpha value is -0.990. The summed E-state index contributed by atoms with van der Waals surface area (Å²) in [5.74, 6) is 1.15. The first-order chi connectivity index (χ1) is 7.99. The van der Waals surface area contributed by atoms with E-state index in [4.69, 9.17) is 28.9 Å². The van der Waals surface area contributed by atoms with E-state index in [1.165, 1.54) is 0 Å². The highest BCUT2D eigenvalue weighted by atomic mass is 35.5. The third-order valence-corrected chi connectivity index (χ3v) is 2.81. The summed E-state index contributed by atoms with van der Waals surface area (Å²) in [5, 5.41) is 1.08. The van der Waals surface area contributed by atoms with Crippen LogP contribution in [0.15, 0.2) is 29.4 Å². The number of amidine groups is 1. The van der Waals surface area contributed by atoms with E-state index < -0.39 is 0 Å². The van der Waals surface area contributed by atoms with Gasteiger partial charge >= 0.3 is 0 Å². The average Bonchev–Trinajstić information content (AvgIpc) is 2.22. The van der Waals surface area contributed by atoms with Crippen LogP contribution in [-0.2, 0) is 0 Å². The van der Waals surface area contributed by atoms with Gasteiger partial charge in [-0.15, -0.1) is 0 Å². The maximum absolute atomic E-state index is 5.90. The summed E-state index contributed by atoms with van der Waals surface area (Å²) in [6, 6.07) is 5.41. The Kier molecular flexibility index (Phi) is 5.52. The van der Waals surface area contributed by atoms with Gasteiger partial charge in [-0.3, -0.25) is 0 Å². The molecule has 4 heteroatoms. The molecule has 0 radical (unpaired) electrons. The lowest BCUT2D eigenvalue weighted by Gasteiger charge is -2.01. The molecule has 2 nitrogen and oxygen atoms in total. The Balaban J connectivity index is 2.67. The van der Waals surface area contributed by atoms with E-state index in [-0.39, 0.29) is 0 Å². The fourth-order valence-electron chi connectivity index (χ4n) is 1.31. The molecule has 0 unspecified atom stereocenters. The van der Waals surface area contributed by atoms with Crippen molar-refractivity contribution in [1.82, 2.24) is 0 Å². The molecule has 17 heavy (non-hydrogen) atoms. The average molecular weight is 271 g/mol. The van der Waals surface area contributed by atoms with Crippen LogP contribution in [0, 0.1) is 5.92 Å². The Labute approximate surface area is 112 Å². The van der Waals surface area contributed by atoms with Gasteiger partial charge in [-0.25, -0.2) is 4.99 Å². The van der Waals surface area contributed by atoms with Crippen LogP contribution in [0.1, 0.15) is 25.8 Å². The molecular weight excluding hydrogens is 255 g/mol. The number of nitrogens with two attached hydrogens (primary N) is 1. The fraction of sp³-hybridized carbons (Fsp3) is 0.308. The minimum atomic E-state index is 0.511. The van der Waals surface area contributed by atoms with Crippen LogP contribution in [0.5, 0.6) is 0 Å². The van der Waals surface area contributed by atoms with Crippen molar-refractivity contribution >= 4 is 35.1 Å². The molecule has 92 valence electrons. The summed E-state index contributed by atoms with van der Waals surface area (Å²) in [4.78, 5) is 4.15. The molecule has 0 amide bonds. The number of aliphatic imine (C=N–C) groups is 1. The van der Waals surface area contributed by atoms with Crippen molar-refractivity contribution in [2.24, 2.45) is 16.6 Å². The van der Waals surface area contributed by atoms with Crippen molar-refractivity contribution in [2.45, 2.75) is 20.3 Å². The number of nitrogens with zero attached hydrogens (tertiary/aromatic N) is 1. The SMILES string of the molecule is CC(C)CC(N)=NC=Cc1ccc(Cl)c(Cl)c1. The van der Waals surface area contributed by atoms with Crippen LogP contribution >= 0.6 is 23.2 Å². The van der Waals surface area contributed by atoms with Gasteiger partial charge in [0.15, 0.2) is 0 Å². The molecular formula is C13H16Cl2N2. The molecule has 0 heterocycles. The molecule has 0 saturated heterocycles. The van der Waals surface area contributed by atoms with Gasteiger partial charge in [-0.1, -0.05) is 43.1 Å². The van der Waals surface area contributed by atoms with E-state index in [1.807, 2.05) is 12.1 Å². The second-order valence-corrected chi connectivity index (χ2v) is 5.02. The first kappa shape index (κ1) is 14.1. The van der Waals surface area contributed by atoms with E-state index in [9.17, 15) is 0 Å². The Bertz CT molecular complexity index is 437. The van der Waals surface area contributed by atoms with Crippen LogP contribution in [0.25, 0.3) is 6.08 Å². The first-order valence-electron chi connectivity index (χ1n) is 5.42. The van der Waals surface area contributed by atoms with E-state index in [0.717, 1.165) is 12.0 Å². The molecule has 1 rings (SSSR count). The predicted molar refractivity (Wildman–Crippen MR) is 76.6 cm³/mol. The summed E-state index contributed by atoms with van der Waals surface area (Å²) in [7, 11) is 0. The molecule has 0 spiro atoms. The Morgan fingerprint density at radius 1 is 1.35 bits per heavy atom. The van der Waals surface area contributed by atoms with E-state index in [0.29, 0.717) is 21.8 Å². The smallest absolute Gasteiger partial charge is 0.0991 e. The summed E-state index contributed by atoms with van der Waals surface area (Å²) < 4.78 is 0. The van der Waals surface area contributed by atoms with Crippen LogP contribution in [-0.4, -0.2) is 5.84 Å². The summed E-state index contributed by atoms with van der Waals surface area (Å²) >= 11 is 11.7. The molecule has 1 aromatic carbocycles. The lowest BCUT2D eigenvalue weighted by molar-refractivity contribution is 0.681. The normalized spacial score (nSPS) is 12.6. The van der Waals surface area contributed by atoms with Crippen LogP contribution in [0.2, 0.25) is 10.0 Å². The summed E-state index contributed by atoms with van der Waals surface area (Å²) in [6.07, 6.45) is 4.32. The highest BCUT2D eigenvalue weighted by Gasteiger charge is 1.97. The molecule has 0 aliphatic heterocycles. The van der Waals surface area contributed by atoms with Gasteiger partial charge in [-0.05, 0) is 29.7 Å². The van der Waals surface area contributed by atoms with Crippen molar-refractivity contribution < 1.29 is 0 Å². The van der Waals surface area contributed by atoms with E-state index >= 15 is 0 Å². The number of hydrogen-bond donors (Lipinski definition) is 1. The quantitative estimate of drug-likeness (QED) is 0.641. The first-order valence-corrected chi connectivity index (χ1v) is 6.18. The van der Waals surface area contributed by atoms with Crippen molar-refractivity contribution in [3.63, 3.8) is 0 Å². The van der Waals surface area contributed by atoms with Crippen molar-refractivity contribution in [3.05, 3.63) is 40.0 Å². The zero-order valence-electron chi connectivity index (χ0n) is 9.95. The van der Waals surface area contributed by atoms with Gasteiger partial charge in [0.2, 0.25) is 0 Å². The second kappa shape index (κ2) is 6.67. The fourth-order valence-corrected chi connectivity index (χ4v) is 1.61. The molecule has 0 aromatic heterocycles. The molecule has 2 N–H and O–H groups in total. The van der Waals surface area contributed by atoms with Gasteiger partial charge in [0.25, 0.3) is 0 Å². The molecule has 0 aliphatic rings. The molecule has 0 aliphatic carbocycles. The van der Waals surface area contributed by atoms with Gasteiger partial charge in [0, 0.05) is 12.6 Å². The second-order valence-electron chi connectivity index (χ2n) is 4.21. The monoisotopic (exact) mass is 270 g/mol. The minimum absolute atomic E-state index is 0.511. The lowest BCUT2D eigenvalue weighted by atomic mass is 10.1. The number of benzene rings is 1. The largest absolute Gasteiger partial charge is 0.387 e. The maximum Gasteiger partial charge on any atom is 0.0991 e. The van der Waals surface area contributed by atoms with Crippen LogP contribution in [0.4, 0.5) is 0 Å². The lowest BCUT2D eigenvalue weighted by Crippen LogP contribution is -2.13. The third-order valence-electron chi connectivity index (χ3n) is 2.07. The van der Waals surface area contributed by atoms with Gasteiger partial charge in [0.1, 0.15) is 0 Å². The number of hydrogen-bond acceptors (Lipinski definition) is 1. The zero-order chi connectivity index (χ0) is 12.8. The molecule has 0 fully saturated rings. The third kappa shape index (κ3) is 5.24. The van der Waals surface area contributed by atoms with Gasteiger partial charge in [-0.2, -0.15) is 0 Å². The Morgan fingerprint density at radius 3 is 2.65 bits per heavy atom. The van der Waals surface area contributed by atoms with Gasteiger partial charge < -0.3 is 5.73 Å². The van der Waals surface area contributed by atoms with Crippen LogP contribution < -0.4 is 5.73 Å². The molecule has 0 saturated carbocycles. The molecule has 1 aromatic rings. The highest BCUT2D eigenvalue weighted by Crippen LogP contribution is 2.23. The topological polar surface area (TPSA) is 38.4 Å². The van der Waals surface area contributed by atoms with E-state index in [2.05, 4.69) is 18.8 Å². The van der Waals surface area contributed by atoms with Gasteiger partial charge in [0.05, 0.1) is 15.9 Å². The zero-order valence-corrected chi connectivity index (χ0v) is 11.5. The summed E-state index contributed by atoms with van der Waals surface area (Å²) in [6.45, 7) is 4.20. The maximum atomic E-state index is 5.90. The van der Waals surface area contributed by atoms with Crippen molar-refractivity contribution in [1.29, 1.82) is 0 Å². The molecule has 0 bridgehead atoms. The van der Waals surface area contributed by atoms with Crippen molar-refractivity contribution in [2.75, 3.05) is 0 Å².